The lowest BCUT2D eigenvalue weighted by atomic mass is 10.2. The highest BCUT2D eigenvalue weighted by molar-refractivity contribution is 7.92. The molecule has 1 fully saturated rings. The van der Waals surface area contributed by atoms with Crippen LogP contribution in [0.2, 0.25) is 10.0 Å². The normalized spacial score (nSPS) is 15.0. The van der Waals surface area contributed by atoms with Gasteiger partial charge in [-0.25, -0.2) is 13.8 Å². The van der Waals surface area contributed by atoms with Crippen molar-refractivity contribution in [1.82, 2.24) is 10.7 Å². The van der Waals surface area contributed by atoms with Crippen LogP contribution in [0.15, 0.2) is 82.8 Å². The van der Waals surface area contributed by atoms with Gasteiger partial charge in [0.05, 0.1) is 27.9 Å². The van der Waals surface area contributed by atoms with Crippen molar-refractivity contribution in [3.8, 4) is 5.75 Å². The van der Waals surface area contributed by atoms with E-state index in [2.05, 4.69) is 15.8 Å². The molecule has 1 heterocycles. The maximum atomic E-state index is 13.4. The molecule has 3 aromatic rings. The Labute approximate surface area is 248 Å². The Balaban J connectivity index is 1.33. The van der Waals surface area contributed by atoms with Gasteiger partial charge >= 0.3 is 0 Å². The van der Waals surface area contributed by atoms with Crippen LogP contribution in [0.3, 0.4) is 0 Å². The van der Waals surface area contributed by atoms with Crippen LogP contribution in [-0.4, -0.2) is 58.9 Å². The van der Waals surface area contributed by atoms with Crippen LogP contribution in [-0.2, 0) is 24.3 Å². The number of rotatable bonds is 12. The molecule has 0 unspecified atom stereocenters. The molecule has 0 saturated carbocycles. The van der Waals surface area contributed by atoms with Crippen molar-refractivity contribution < 1.29 is 27.5 Å². The molecular formula is C28H28Cl2N4O6S. The lowest BCUT2D eigenvalue weighted by Crippen LogP contribution is -2.39. The van der Waals surface area contributed by atoms with E-state index in [1.54, 1.807) is 42.5 Å². The fourth-order valence-corrected chi connectivity index (χ4v) is 5.95. The van der Waals surface area contributed by atoms with Crippen molar-refractivity contribution in [2.45, 2.75) is 23.8 Å². The summed E-state index contributed by atoms with van der Waals surface area (Å²) in [6.45, 7) is 0.475. The number of carbonyl (C=O) groups excluding carboxylic acids is 2. The summed E-state index contributed by atoms with van der Waals surface area (Å²) < 4.78 is 38.7. The summed E-state index contributed by atoms with van der Waals surface area (Å²) >= 11 is 12.3. The number of anilines is 1. The Hall–Kier alpha value is -3.64. The van der Waals surface area contributed by atoms with E-state index in [9.17, 15) is 18.0 Å². The molecule has 13 heteroatoms. The fourth-order valence-electron chi connectivity index (χ4n) is 3.93. The number of ether oxygens (including phenoxy) is 2. The molecule has 1 aliphatic heterocycles. The smallest absolute Gasteiger partial charge is 0.264 e. The third kappa shape index (κ3) is 8.67. The Kier molecular flexibility index (Phi) is 10.6. The van der Waals surface area contributed by atoms with Gasteiger partial charge in [0, 0.05) is 18.2 Å². The van der Waals surface area contributed by atoms with Gasteiger partial charge in [0.2, 0.25) is 0 Å². The van der Waals surface area contributed by atoms with E-state index in [0.717, 1.165) is 23.8 Å². The van der Waals surface area contributed by atoms with Crippen molar-refractivity contribution in [1.29, 1.82) is 0 Å². The summed E-state index contributed by atoms with van der Waals surface area (Å²) in [4.78, 5) is 24.7. The van der Waals surface area contributed by atoms with Crippen molar-refractivity contribution in [2.75, 3.05) is 30.6 Å². The molecule has 216 valence electrons. The van der Waals surface area contributed by atoms with Gasteiger partial charge in [-0.2, -0.15) is 5.10 Å². The molecule has 10 nitrogen and oxygen atoms in total. The van der Waals surface area contributed by atoms with E-state index in [-0.39, 0.29) is 34.2 Å². The molecule has 1 aliphatic rings. The van der Waals surface area contributed by atoms with E-state index < -0.39 is 22.5 Å². The lowest BCUT2D eigenvalue weighted by molar-refractivity contribution is -0.123. The first-order valence-corrected chi connectivity index (χ1v) is 14.9. The number of carbonyl (C=O) groups is 2. The Morgan fingerprint density at radius 1 is 1.05 bits per heavy atom. The van der Waals surface area contributed by atoms with Crippen LogP contribution < -0.4 is 19.8 Å². The van der Waals surface area contributed by atoms with Gasteiger partial charge in [-0.05, 0) is 73.0 Å². The number of hydrogen-bond acceptors (Lipinski definition) is 7. The third-order valence-electron chi connectivity index (χ3n) is 6.00. The highest BCUT2D eigenvalue weighted by atomic mass is 35.5. The topological polar surface area (TPSA) is 126 Å². The second kappa shape index (κ2) is 14.3. The molecule has 0 radical (unpaired) electrons. The average molecular weight is 620 g/mol. The molecule has 2 amide bonds. The number of hydrazone groups is 1. The largest absolute Gasteiger partial charge is 0.484 e. The van der Waals surface area contributed by atoms with Gasteiger partial charge in [0.1, 0.15) is 12.3 Å². The van der Waals surface area contributed by atoms with Crippen LogP contribution >= 0.6 is 23.2 Å². The zero-order chi connectivity index (χ0) is 29.2. The summed E-state index contributed by atoms with van der Waals surface area (Å²) in [6, 6.07) is 18.7. The first-order valence-electron chi connectivity index (χ1n) is 12.7. The predicted molar refractivity (Wildman–Crippen MR) is 157 cm³/mol. The average Bonchev–Trinajstić information content (AvgIpc) is 3.49. The molecule has 41 heavy (non-hydrogen) atoms. The van der Waals surface area contributed by atoms with Crippen LogP contribution in [0.5, 0.6) is 5.75 Å². The first-order chi connectivity index (χ1) is 19.7. The lowest BCUT2D eigenvalue weighted by Gasteiger charge is -2.24. The fraction of sp³-hybridized carbons (Fsp3) is 0.250. The zero-order valence-corrected chi connectivity index (χ0v) is 24.2. The number of sulfonamides is 1. The molecule has 3 aromatic carbocycles. The molecule has 0 spiro atoms. The van der Waals surface area contributed by atoms with Gasteiger partial charge in [-0.3, -0.25) is 13.9 Å². The van der Waals surface area contributed by atoms with Crippen molar-refractivity contribution in [2.24, 2.45) is 5.10 Å². The minimum absolute atomic E-state index is 0.00932. The summed E-state index contributed by atoms with van der Waals surface area (Å²) in [5.41, 5.74) is 3.07. The quantitative estimate of drug-likeness (QED) is 0.233. The van der Waals surface area contributed by atoms with E-state index in [4.69, 9.17) is 32.7 Å². The molecule has 2 N–H and O–H groups in total. The van der Waals surface area contributed by atoms with Gasteiger partial charge in [0.15, 0.2) is 6.61 Å². The molecule has 0 aliphatic carbocycles. The number of hydrogen-bond donors (Lipinski definition) is 2. The Bertz CT molecular complexity index is 1480. The second-order valence-electron chi connectivity index (χ2n) is 9.01. The SMILES string of the molecule is O=C(COc1ccc(/C=N\NC(=O)CN(c2ccc(Cl)cc2Cl)S(=O)(=O)c2ccccc2)cc1)NC[C@H]1CCCO1. The Morgan fingerprint density at radius 2 is 1.80 bits per heavy atom. The highest BCUT2D eigenvalue weighted by Crippen LogP contribution is 2.32. The van der Waals surface area contributed by atoms with Crippen LogP contribution in [0, 0.1) is 0 Å². The van der Waals surface area contributed by atoms with E-state index in [0.29, 0.717) is 22.9 Å². The number of nitrogens with zero attached hydrogens (tertiary/aromatic N) is 2. The Morgan fingerprint density at radius 3 is 2.49 bits per heavy atom. The molecular weight excluding hydrogens is 591 g/mol. The number of amides is 2. The standard InChI is InChI=1S/C28H28Cl2N4O6S/c29-21-10-13-26(25(30)15-21)34(41(37,38)24-6-2-1-3-7-24)18-27(35)33-32-16-20-8-11-22(12-9-20)40-19-28(36)31-17-23-5-4-14-39-23/h1-3,6-13,15-16,23H,4-5,14,17-19H2,(H,31,36)(H,33,35)/b32-16-/t23-/m1/s1. The number of halogens is 2. The van der Waals surface area contributed by atoms with Gasteiger partial charge < -0.3 is 14.8 Å². The summed E-state index contributed by atoms with van der Waals surface area (Å²) in [5, 5.41) is 7.10. The van der Waals surface area contributed by atoms with E-state index >= 15 is 0 Å². The maximum Gasteiger partial charge on any atom is 0.264 e. The van der Waals surface area contributed by atoms with Gasteiger partial charge in [-0.1, -0.05) is 41.4 Å². The number of benzene rings is 3. The molecule has 0 bridgehead atoms. The van der Waals surface area contributed by atoms with E-state index in [1.165, 1.54) is 36.5 Å². The van der Waals surface area contributed by atoms with Crippen molar-refractivity contribution in [3.05, 3.63) is 88.4 Å². The molecule has 1 atom stereocenters. The summed E-state index contributed by atoms with van der Waals surface area (Å²) in [5.74, 6) is -0.446. The first kappa shape index (κ1) is 30.3. The summed E-state index contributed by atoms with van der Waals surface area (Å²) in [6.07, 6.45) is 3.39. The van der Waals surface area contributed by atoms with Crippen molar-refractivity contribution in [3.63, 3.8) is 0 Å². The minimum Gasteiger partial charge on any atom is -0.484 e. The second-order valence-corrected chi connectivity index (χ2v) is 11.7. The van der Waals surface area contributed by atoms with Gasteiger partial charge in [0.25, 0.3) is 21.8 Å². The highest BCUT2D eigenvalue weighted by Gasteiger charge is 2.28. The zero-order valence-electron chi connectivity index (χ0n) is 21.8. The van der Waals surface area contributed by atoms with Crippen LogP contribution in [0.25, 0.3) is 0 Å². The third-order valence-corrected chi connectivity index (χ3v) is 8.31. The maximum absolute atomic E-state index is 13.4. The molecule has 0 aromatic heterocycles. The predicted octanol–water partition coefficient (Wildman–Crippen LogP) is 4.01. The van der Waals surface area contributed by atoms with Gasteiger partial charge in [-0.15, -0.1) is 0 Å². The minimum atomic E-state index is -4.14. The van der Waals surface area contributed by atoms with Crippen molar-refractivity contribution >= 4 is 56.9 Å². The molecule has 1 saturated heterocycles. The summed E-state index contributed by atoms with van der Waals surface area (Å²) in [7, 11) is -4.14. The number of nitrogens with one attached hydrogen (secondary N) is 2. The monoisotopic (exact) mass is 618 g/mol. The molecule has 4 rings (SSSR count). The van der Waals surface area contributed by atoms with E-state index in [1.807, 2.05) is 0 Å². The van der Waals surface area contributed by atoms with Crippen LogP contribution in [0.1, 0.15) is 18.4 Å². The van der Waals surface area contributed by atoms with Crippen LogP contribution in [0.4, 0.5) is 5.69 Å².